The van der Waals surface area contributed by atoms with Crippen LogP contribution in [0.4, 0.5) is 5.69 Å². The van der Waals surface area contributed by atoms with Gasteiger partial charge in [0.25, 0.3) is 11.7 Å². The van der Waals surface area contributed by atoms with Gasteiger partial charge in [-0.3, -0.25) is 24.0 Å². The van der Waals surface area contributed by atoms with Gasteiger partial charge in [0, 0.05) is 63.5 Å². The molecule has 418 valence electrons. The second-order valence-electron chi connectivity index (χ2n) is 22.5. The number of piperidine rings is 1. The first-order chi connectivity index (χ1) is 35.5. The Morgan fingerprint density at radius 2 is 1.59 bits per heavy atom. The summed E-state index contributed by atoms with van der Waals surface area (Å²) in [6.07, 6.45) is 6.19. The lowest BCUT2D eigenvalue weighted by molar-refractivity contribution is -0.265. The average molecular weight is 1070 g/mol. The first-order valence-electron chi connectivity index (χ1n) is 27.3. The van der Waals surface area contributed by atoms with Crippen LogP contribution in [0.15, 0.2) is 53.6 Å². The van der Waals surface area contributed by atoms with Crippen molar-refractivity contribution in [3.8, 4) is 0 Å². The fourth-order valence-corrected chi connectivity index (χ4v) is 12.1. The molecule has 2 saturated heterocycles. The number of Topliss-reactive ketones (excluding diaryl/α,β-unsaturated/α-hetero) is 3. The molecule has 1 unspecified atom stereocenters. The van der Waals surface area contributed by atoms with E-state index in [4.69, 9.17) is 40.1 Å². The summed E-state index contributed by atoms with van der Waals surface area (Å²) in [4.78, 5) is 79.9. The van der Waals surface area contributed by atoms with Gasteiger partial charge < -0.3 is 43.9 Å². The fourth-order valence-electron chi connectivity index (χ4n) is 12.0. The quantitative estimate of drug-likeness (QED) is 0.135. The number of halogens is 1. The molecule has 0 aromatic heterocycles. The van der Waals surface area contributed by atoms with Crippen LogP contribution in [0.2, 0.25) is 5.02 Å². The third-order valence-electron chi connectivity index (χ3n) is 16.9. The molecular formula is C58H85ClN2O14. The molecular weight excluding hydrogens is 984 g/mol. The summed E-state index contributed by atoms with van der Waals surface area (Å²) >= 11 is 6.49. The van der Waals surface area contributed by atoms with Gasteiger partial charge in [0.2, 0.25) is 5.79 Å². The second-order valence-corrected chi connectivity index (χ2v) is 22.9. The molecule has 0 spiro atoms. The van der Waals surface area contributed by atoms with Crippen LogP contribution in [0.5, 0.6) is 0 Å². The number of ether oxygens (including phenoxy) is 5. The Kier molecular flexibility index (Phi) is 21.5. The summed E-state index contributed by atoms with van der Waals surface area (Å²) in [6.45, 7) is 14.6. The highest BCUT2D eigenvalue weighted by Crippen LogP contribution is 2.39. The summed E-state index contributed by atoms with van der Waals surface area (Å²) in [6, 6.07) is 4.13. The molecule has 3 N–H and O–H groups in total. The lowest BCUT2D eigenvalue weighted by atomic mass is 9.78. The topological polar surface area (TPSA) is 208 Å². The predicted molar refractivity (Wildman–Crippen MR) is 283 cm³/mol. The number of hydrogen-bond acceptors (Lipinski definition) is 15. The predicted octanol–water partition coefficient (Wildman–Crippen LogP) is 7.78. The molecule has 6 aliphatic rings. The van der Waals surface area contributed by atoms with Crippen LogP contribution in [-0.2, 0) is 52.5 Å². The number of carbonyl (C=O) groups is 5. The molecule has 75 heavy (non-hydrogen) atoms. The molecule has 4 bridgehead atoms. The van der Waals surface area contributed by atoms with Crippen LogP contribution < -0.4 is 5.06 Å². The molecule has 1 saturated carbocycles. The van der Waals surface area contributed by atoms with E-state index in [-0.39, 0.29) is 67.3 Å². The van der Waals surface area contributed by atoms with Gasteiger partial charge in [-0.25, -0.2) is 9.86 Å². The molecule has 0 radical (unpaired) electrons. The van der Waals surface area contributed by atoms with Crippen LogP contribution in [0.25, 0.3) is 0 Å². The molecule has 3 fully saturated rings. The molecule has 1 aliphatic carbocycles. The summed E-state index contributed by atoms with van der Waals surface area (Å²) in [5, 5.41) is 36.9. The Bertz CT molecular complexity index is 2270. The van der Waals surface area contributed by atoms with Gasteiger partial charge in [0.05, 0.1) is 36.1 Å². The second kappa shape index (κ2) is 26.7. The minimum Gasteiger partial charge on any atom is -0.460 e. The zero-order chi connectivity index (χ0) is 55.1. The summed E-state index contributed by atoms with van der Waals surface area (Å²) in [5.41, 5.74) is 2.76. The summed E-state index contributed by atoms with van der Waals surface area (Å²) in [5.74, 6) is -8.58. The van der Waals surface area contributed by atoms with Gasteiger partial charge in [0.1, 0.15) is 36.2 Å². The Morgan fingerprint density at radius 1 is 0.853 bits per heavy atom. The first-order valence-corrected chi connectivity index (χ1v) is 27.6. The number of benzene rings is 1. The minimum absolute atomic E-state index is 0.0650. The largest absolute Gasteiger partial charge is 0.460 e. The molecule has 1 aromatic carbocycles. The smallest absolute Gasteiger partial charge is 0.329 e. The number of hydroxylamine groups is 1. The van der Waals surface area contributed by atoms with Crippen molar-refractivity contribution in [1.29, 1.82) is 0 Å². The summed E-state index contributed by atoms with van der Waals surface area (Å²) < 4.78 is 29.9. The number of methoxy groups -OCH3 is 3. The van der Waals surface area contributed by atoms with Crippen molar-refractivity contribution in [2.24, 2.45) is 35.5 Å². The van der Waals surface area contributed by atoms with E-state index in [9.17, 15) is 39.3 Å². The highest BCUT2D eigenvalue weighted by Gasteiger charge is 2.53. The van der Waals surface area contributed by atoms with Crippen molar-refractivity contribution in [3.05, 3.63) is 64.2 Å². The monoisotopic (exact) mass is 1070 g/mol. The lowest BCUT2D eigenvalue weighted by Crippen LogP contribution is -2.61. The van der Waals surface area contributed by atoms with E-state index >= 15 is 0 Å². The first kappa shape index (κ1) is 60.4. The molecule has 1 aromatic rings. The van der Waals surface area contributed by atoms with Crippen LogP contribution in [0.1, 0.15) is 131 Å². The normalized spacial score (nSPS) is 38.5. The standard InChI is InChI=1S/C58H85ClN2O14/c1-32-27-41(17-20-44(32)59)61-45-21-19-43(75-61)28-36(5)49(70-9)30-42-18-15-39(8)58(69,74-42)55(66)56(67)60-23-13-12-14-46(60)57(68)73-50(35(4)26-40-16-22-47(62)51(29-40)71-10)31-48(63)34(3)25-38(7)53(65)54(72-11)52(64)37(6)24-33(45)2/h17,19-21,25,27-28,33-35,37,39-40,42-43,45-47,49-51,53-54,62,65,69H,12-16,18,22-24,26,29-31H2,1-11H3/b36-28+,38-25+/t33-,34+,35+,37+,39?,40+,42-,43+,45-,46-,47-,49-,50-,51-,53+,54-,58+/m0/s1. The van der Waals surface area contributed by atoms with Crippen molar-refractivity contribution in [2.75, 3.05) is 32.9 Å². The zero-order valence-corrected chi connectivity index (χ0v) is 46.8. The van der Waals surface area contributed by atoms with Gasteiger partial charge in [-0.15, -0.1) is 0 Å². The number of amides is 1. The number of ketones is 3. The minimum atomic E-state index is -2.49. The molecule has 1 amide bonds. The maximum absolute atomic E-state index is 14.5. The lowest BCUT2D eigenvalue weighted by Gasteiger charge is -2.43. The van der Waals surface area contributed by atoms with Gasteiger partial charge in [-0.1, -0.05) is 64.4 Å². The van der Waals surface area contributed by atoms with Crippen molar-refractivity contribution in [3.63, 3.8) is 0 Å². The zero-order valence-electron chi connectivity index (χ0n) is 46.1. The van der Waals surface area contributed by atoms with Crippen LogP contribution in [0, 0.1) is 42.4 Å². The number of aryl methyl sites for hydroxylation is 1. The van der Waals surface area contributed by atoms with Gasteiger partial charge in [-0.05, 0) is 144 Å². The third-order valence-corrected chi connectivity index (χ3v) is 17.3. The number of nitrogens with zero attached hydrogens (tertiary/aromatic N) is 2. The van der Waals surface area contributed by atoms with E-state index < -0.39 is 90.0 Å². The van der Waals surface area contributed by atoms with E-state index in [2.05, 4.69) is 6.08 Å². The number of fused-ring (bicyclic) bond motifs is 16. The number of carbonyl (C=O) groups excluding carboxylic acids is 5. The van der Waals surface area contributed by atoms with Crippen molar-refractivity contribution in [1.82, 2.24) is 4.90 Å². The van der Waals surface area contributed by atoms with Crippen molar-refractivity contribution < 1.29 is 67.8 Å². The Labute approximate surface area is 449 Å². The Morgan fingerprint density at radius 3 is 2.27 bits per heavy atom. The van der Waals surface area contributed by atoms with Crippen molar-refractivity contribution in [2.45, 2.75) is 199 Å². The number of anilines is 1. The molecule has 5 heterocycles. The summed E-state index contributed by atoms with van der Waals surface area (Å²) in [7, 11) is 4.51. The number of esters is 1. The van der Waals surface area contributed by atoms with E-state index in [0.717, 1.165) is 16.8 Å². The molecule has 7 rings (SSSR count). The van der Waals surface area contributed by atoms with E-state index in [1.165, 1.54) is 12.0 Å². The Hall–Kier alpha value is -3.84. The van der Waals surface area contributed by atoms with Crippen LogP contribution >= 0.6 is 11.6 Å². The molecule has 17 heteroatoms. The maximum atomic E-state index is 14.5. The fraction of sp³-hybridized carbons (Fsp3) is 0.707. The number of hydrogen-bond donors (Lipinski definition) is 3. The number of aliphatic hydroxyl groups excluding tert-OH is 2. The third kappa shape index (κ3) is 14.5. The molecule has 16 nitrogen and oxygen atoms in total. The van der Waals surface area contributed by atoms with Gasteiger partial charge in [0.15, 0.2) is 5.78 Å². The number of rotatable bonds is 7. The van der Waals surface area contributed by atoms with Gasteiger partial charge >= 0.3 is 5.97 Å². The average Bonchev–Trinajstić information content (AvgIpc) is 3.39. The van der Waals surface area contributed by atoms with E-state index in [0.29, 0.717) is 68.4 Å². The van der Waals surface area contributed by atoms with Crippen molar-refractivity contribution >= 4 is 46.5 Å². The Balaban J connectivity index is 1.36. The van der Waals surface area contributed by atoms with E-state index in [1.807, 2.05) is 70.0 Å². The SMILES string of the molecule is CO[C@H]1C[C@@H]2CCC(C)[C@@](O)(O2)C(=O)C(=O)N2CCCC[C@H]2C(=O)O[C@H]([C@H](C)C[C@H]2CC[C@H](O)[C@@H](OC)C2)CC(=O)[C@H](C)/C=C(\C)[C@@H](O)[C@@H](OC)C(=O)[C@H](C)C[C@H](C)[C@@H]2C=C[C@H](/C=C/1C)ON2c1ccc(Cl)c(C)c1. The maximum Gasteiger partial charge on any atom is 0.329 e. The van der Waals surface area contributed by atoms with Crippen LogP contribution in [-0.4, -0.2) is 144 Å². The molecule has 17 atom stereocenters. The van der Waals surface area contributed by atoms with Gasteiger partial charge in [-0.2, -0.15) is 0 Å². The van der Waals surface area contributed by atoms with Crippen LogP contribution in [0.3, 0.4) is 0 Å². The number of aliphatic hydroxyl groups is 3. The highest BCUT2D eigenvalue weighted by molar-refractivity contribution is 6.39. The number of allylic oxidation sites excluding steroid dienone is 1. The van der Waals surface area contributed by atoms with E-state index in [1.54, 1.807) is 41.1 Å². The highest BCUT2D eigenvalue weighted by atomic mass is 35.5. The molecule has 5 aliphatic heterocycles.